The van der Waals surface area contributed by atoms with E-state index in [-0.39, 0.29) is 52.7 Å². The molecule has 2 rings (SSSR count). The number of hydrogen-bond donors (Lipinski definition) is 4. The highest BCUT2D eigenvalue weighted by atomic mass is 32.1. The Morgan fingerprint density at radius 3 is 1.83 bits per heavy atom. The number of nitrogens with zero attached hydrogens (tertiary/aromatic N) is 4. The summed E-state index contributed by atoms with van der Waals surface area (Å²) in [6, 6.07) is 5.69. The molecule has 13 nitrogen and oxygen atoms in total. The van der Waals surface area contributed by atoms with Gasteiger partial charge in [0.1, 0.15) is 11.9 Å². The molecule has 0 bridgehead atoms. The van der Waals surface area contributed by atoms with E-state index in [2.05, 4.69) is 10.2 Å². The molecule has 0 aliphatic rings. The molecule has 0 fully saturated rings. The van der Waals surface area contributed by atoms with Crippen LogP contribution in [-0.4, -0.2) is 125 Å². The SMILES string of the molecule is Cc1cc(N(CC(O)COCCOCCO)CC(O)COCCOCCOCCO)ccc1N=Nc1scc[n+]1C. The van der Waals surface area contributed by atoms with Gasteiger partial charge >= 0.3 is 5.13 Å². The summed E-state index contributed by atoms with van der Waals surface area (Å²) in [5, 5.41) is 50.2. The maximum Gasteiger partial charge on any atom is 0.408 e. The molecule has 41 heavy (non-hydrogen) atoms. The van der Waals surface area contributed by atoms with Crippen LogP contribution >= 0.6 is 11.3 Å². The van der Waals surface area contributed by atoms with Gasteiger partial charge in [-0.3, -0.25) is 0 Å². The maximum absolute atomic E-state index is 10.7. The van der Waals surface area contributed by atoms with E-state index in [1.807, 2.05) is 53.2 Å². The van der Waals surface area contributed by atoms with Crippen LogP contribution in [0.3, 0.4) is 0 Å². The van der Waals surface area contributed by atoms with Crippen LogP contribution in [0.25, 0.3) is 0 Å². The van der Waals surface area contributed by atoms with Gasteiger partial charge in [-0.05, 0) is 47.1 Å². The standard InChI is InChI=1S/C27H45N4O9S/c1-22-17-23(3-4-26(22)28-29-27-30(2)5-16-41-27)31(18-24(34)20-39-14-12-37-9-7-33)19-25(35)21-40-15-13-38-11-10-36-8-6-32/h3-5,16-17,24-25,32-35H,6-15,18-21H2,1-2H3/q+1. The Morgan fingerprint density at radius 2 is 1.34 bits per heavy atom. The zero-order valence-electron chi connectivity index (χ0n) is 24.0. The Hall–Kier alpha value is -2.11. The van der Waals surface area contributed by atoms with E-state index in [0.717, 1.165) is 22.1 Å². The molecule has 0 saturated heterocycles. The normalized spacial score (nSPS) is 13.2. The first-order valence-electron chi connectivity index (χ1n) is 13.6. The molecule has 0 aliphatic heterocycles. The molecular weight excluding hydrogens is 556 g/mol. The first-order valence-corrected chi connectivity index (χ1v) is 14.5. The zero-order valence-corrected chi connectivity index (χ0v) is 24.8. The molecule has 1 aromatic carbocycles. The Labute approximate surface area is 245 Å². The van der Waals surface area contributed by atoms with Gasteiger partial charge in [0.2, 0.25) is 0 Å². The number of azo groups is 1. The first-order chi connectivity index (χ1) is 19.9. The molecule has 0 radical (unpaired) electrons. The largest absolute Gasteiger partial charge is 0.408 e. The second-order valence-electron chi connectivity index (χ2n) is 9.11. The summed E-state index contributed by atoms with van der Waals surface area (Å²) in [7, 11) is 1.91. The van der Waals surface area contributed by atoms with Crippen LogP contribution < -0.4 is 9.47 Å². The highest BCUT2D eigenvalue weighted by Gasteiger charge is 2.18. The fourth-order valence-corrected chi connectivity index (χ4v) is 4.28. The van der Waals surface area contributed by atoms with Gasteiger partial charge in [0.25, 0.3) is 0 Å². The topological polar surface area (TPSA) is 159 Å². The Kier molecular flexibility index (Phi) is 18.5. The van der Waals surface area contributed by atoms with Crippen molar-refractivity contribution in [1.29, 1.82) is 0 Å². The molecule has 1 heterocycles. The molecule has 1 aromatic heterocycles. The van der Waals surface area contributed by atoms with Crippen molar-refractivity contribution in [3.05, 3.63) is 35.3 Å². The Balaban J connectivity index is 1.93. The van der Waals surface area contributed by atoms with Gasteiger partial charge in [-0.15, -0.1) is 0 Å². The predicted octanol–water partition coefficient (Wildman–Crippen LogP) is 0.892. The van der Waals surface area contributed by atoms with Gasteiger partial charge in [0.05, 0.1) is 104 Å². The number of aryl methyl sites for hydroxylation is 2. The van der Waals surface area contributed by atoms with Crippen molar-refractivity contribution in [3.63, 3.8) is 0 Å². The summed E-state index contributed by atoms with van der Waals surface area (Å²) in [6.45, 7) is 5.09. The van der Waals surface area contributed by atoms with E-state index in [1.165, 1.54) is 11.3 Å². The number of hydrogen-bond acceptors (Lipinski definition) is 13. The van der Waals surface area contributed by atoms with Crippen molar-refractivity contribution in [2.75, 3.05) is 97.3 Å². The summed E-state index contributed by atoms with van der Waals surface area (Å²) in [5.41, 5.74) is 2.42. The van der Waals surface area contributed by atoms with Crippen LogP contribution in [0, 0.1) is 6.92 Å². The average molecular weight is 602 g/mol. The number of ether oxygens (including phenoxy) is 5. The van der Waals surface area contributed by atoms with Gasteiger partial charge in [-0.1, -0.05) is 0 Å². The van der Waals surface area contributed by atoms with Crippen LogP contribution in [0.1, 0.15) is 5.56 Å². The summed E-state index contributed by atoms with van der Waals surface area (Å²) < 4.78 is 28.7. The van der Waals surface area contributed by atoms with Crippen molar-refractivity contribution in [2.45, 2.75) is 19.1 Å². The van der Waals surface area contributed by atoms with Crippen molar-refractivity contribution < 1.29 is 48.7 Å². The number of benzene rings is 1. The fraction of sp³-hybridized carbons (Fsp3) is 0.667. The highest BCUT2D eigenvalue weighted by Crippen LogP contribution is 2.27. The molecule has 0 saturated carbocycles. The van der Waals surface area contributed by atoms with Gasteiger partial charge in [0.15, 0.2) is 0 Å². The molecule has 4 N–H and O–H groups in total. The summed E-state index contributed by atoms with van der Waals surface area (Å²) in [5.74, 6) is 0. The molecule has 0 aliphatic carbocycles. The summed E-state index contributed by atoms with van der Waals surface area (Å²) in [6.07, 6.45) is 0.282. The zero-order chi connectivity index (χ0) is 29.7. The number of anilines is 1. The van der Waals surface area contributed by atoms with E-state index < -0.39 is 12.2 Å². The lowest BCUT2D eigenvalue weighted by molar-refractivity contribution is -0.654. The minimum absolute atomic E-state index is 0.0220. The van der Waals surface area contributed by atoms with Crippen LogP contribution in [0.4, 0.5) is 16.5 Å². The van der Waals surface area contributed by atoms with Crippen molar-refractivity contribution in [3.8, 4) is 0 Å². The summed E-state index contributed by atoms with van der Waals surface area (Å²) >= 11 is 1.50. The van der Waals surface area contributed by atoms with Gasteiger partial charge < -0.3 is 49.0 Å². The second-order valence-corrected chi connectivity index (χ2v) is 9.99. The predicted molar refractivity (Wildman–Crippen MR) is 153 cm³/mol. The molecule has 2 atom stereocenters. The Morgan fingerprint density at radius 1 is 0.805 bits per heavy atom. The van der Waals surface area contributed by atoms with Crippen LogP contribution in [0.2, 0.25) is 0 Å². The van der Waals surface area contributed by atoms with E-state index >= 15 is 0 Å². The van der Waals surface area contributed by atoms with Crippen LogP contribution in [0.15, 0.2) is 40.0 Å². The molecule has 2 unspecified atom stereocenters. The monoisotopic (exact) mass is 601 g/mol. The highest BCUT2D eigenvalue weighted by molar-refractivity contribution is 7.12. The molecule has 232 valence electrons. The third kappa shape index (κ3) is 15.1. The van der Waals surface area contributed by atoms with Gasteiger partial charge in [-0.25, -0.2) is 4.57 Å². The maximum atomic E-state index is 10.7. The number of thiazole rings is 1. The van der Waals surface area contributed by atoms with Gasteiger partial charge in [0, 0.05) is 24.2 Å². The molecule has 14 heteroatoms. The van der Waals surface area contributed by atoms with Crippen molar-refractivity contribution >= 4 is 27.8 Å². The summed E-state index contributed by atoms with van der Waals surface area (Å²) in [4.78, 5) is 1.88. The quantitative estimate of drug-likeness (QED) is 0.0774. The average Bonchev–Trinajstić information content (AvgIpc) is 3.37. The smallest absolute Gasteiger partial charge is 0.394 e. The molecular formula is C27H45N4O9S+. The minimum atomic E-state index is -0.819. The molecule has 0 spiro atoms. The molecule has 2 aromatic rings. The third-order valence-corrected chi connectivity index (χ3v) is 6.46. The van der Waals surface area contributed by atoms with Crippen LogP contribution in [-0.2, 0) is 30.7 Å². The minimum Gasteiger partial charge on any atom is -0.394 e. The Bertz CT molecular complexity index is 982. The number of aliphatic hydroxyl groups excluding tert-OH is 4. The van der Waals surface area contributed by atoms with E-state index in [9.17, 15) is 10.2 Å². The van der Waals surface area contributed by atoms with E-state index in [0.29, 0.717) is 39.6 Å². The third-order valence-electron chi connectivity index (χ3n) is 5.62. The van der Waals surface area contributed by atoms with E-state index in [4.69, 9.17) is 33.9 Å². The van der Waals surface area contributed by atoms with Crippen molar-refractivity contribution in [1.82, 2.24) is 0 Å². The molecule has 0 amide bonds. The van der Waals surface area contributed by atoms with Crippen LogP contribution in [0.5, 0.6) is 0 Å². The number of aromatic nitrogens is 1. The van der Waals surface area contributed by atoms with Gasteiger partial charge in [-0.2, -0.15) is 0 Å². The first kappa shape index (κ1) is 35.1. The van der Waals surface area contributed by atoms with E-state index in [1.54, 1.807) is 0 Å². The second kappa shape index (κ2) is 21.6. The number of rotatable bonds is 24. The van der Waals surface area contributed by atoms with Crippen molar-refractivity contribution in [2.24, 2.45) is 17.3 Å². The lowest BCUT2D eigenvalue weighted by Gasteiger charge is -2.29. The fourth-order valence-electron chi connectivity index (χ4n) is 3.60. The number of aliphatic hydroxyl groups is 4. The lowest BCUT2D eigenvalue weighted by atomic mass is 10.1. The lowest BCUT2D eigenvalue weighted by Crippen LogP contribution is -2.41.